The Balaban J connectivity index is 2.00. The van der Waals surface area contributed by atoms with Gasteiger partial charge in [0.2, 0.25) is 10.0 Å². The summed E-state index contributed by atoms with van der Waals surface area (Å²) in [6.45, 7) is 7.38. The van der Waals surface area contributed by atoms with Crippen molar-refractivity contribution in [1.29, 1.82) is 0 Å². The van der Waals surface area contributed by atoms with Crippen LogP contribution in [0.3, 0.4) is 0 Å². The van der Waals surface area contributed by atoms with Crippen LogP contribution in [0.5, 0.6) is 5.75 Å². The number of benzene rings is 1. The van der Waals surface area contributed by atoms with Gasteiger partial charge >= 0.3 is 0 Å². The van der Waals surface area contributed by atoms with Crippen LogP contribution >= 0.6 is 0 Å². The Morgan fingerprint density at radius 2 is 1.76 bits per heavy atom. The first-order valence-electron chi connectivity index (χ1n) is 9.13. The number of rotatable bonds is 6. The maximum Gasteiger partial charge on any atom is 0.244 e. The van der Waals surface area contributed by atoms with Crippen molar-refractivity contribution < 1.29 is 13.2 Å². The zero-order chi connectivity index (χ0) is 21.3. The second kappa shape index (κ2) is 7.92. The third-order valence-corrected chi connectivity index (χ3v) is 6.46. The average molecular weight is 416 g/mol. The van der Waals surface area contributed by atoms with Gasteiger partial charge < -0.3 is 4.74 Å². The summed E-state index contributed by atoms with van der Waals surface area (Å²) in [5, 5.41) is 4.37. The predicted octanol–water partition coefficient (Wildman–Crippen LogP) is 2.85. The fourth-order valence-electron chi connectivity index (χ4n) is 3.38. The molecule has 154 valence electrons. The Hall–Kier alpha value is -2.78. The van der Waals surface area contributed by atoms with Crippen molar-refractivity contribution >= 4 is 10.0 Å². The summed E-state index contributed by atoms with van der Waals surface area (Å²) in [6, 6.07) is 4.54. The van der Waals surface area contributed by atoms with Gasteiger partial charge in [-0.3, -0.25) is 4.68 Å². The van der Waals surface area contributed by atoms with E-state index in [1.165, 1.54) is 7.11 Å². The average Bonchev–Trinajstić information content (AvgIpc) is 2.93. The van der Waals surface area contributed by atoms with Crippen LogP contribution in [0.4, 0.5) is 0 Å². The molecular weight excluding hydrogens is 390 g/mol. The maximum atomic E-state index is 13.2. The van der Waals surface area contributed by atoms with Crippen molar-refractivity contribution in [3.05, 3.63) is 53.4 Å². The second-order valence-electron chi connectivity index (χ2n) is 6.94. The molecule has 1 aromatic carbocycles. The molecule has 0 amide bonds. The Bertz CT molecular complexity index is 1140. The van der Waals surface area contributed by atoms with E-state index in [0.29, 0.717) is 11.4 Å². The topological polar surface area (TPSA) is 99.0 Å². The number of aryl methyl sites for hydroxylation is 3. The molecule has 29 heavy (non-hydrogen) atoms. The monoisotopic (exact) mass is 415 g/mol. The molecule has 2 heterocycles. The molecule has 0 aliphatic rings. The summed E-state index contributed by atoms with van der Waals surface area (Å²) in [4.78, 5) is 8.43. The standard InChI is InChI=1S/C20H25N5O3S/c1-12-20(14(3)25(5)23-12)13(2)24-29(26,27)19-9-16(7-8-18(19)28-6)17-10-21-15(4)22-11-17/h7-11,13,24H,1-6H3. The minimum absolute atomic E-state index is 0.0594. The van der Waals surface area contributed by atoms with Crippen LogP contribution in [0, 0.1) is 20.8 Å². The van der Waals surface area contributed by atoms with Crippen LogP contribution in [-0.2, 0) is 17.1 Å². The van der Waals surface area contributed by atoms with E-state index in [1.807, 2.05) is 20.9 Å². The molecule has 1 N–H and O–H groups in total. The van der Waals surface area contributed by atoms with Crippen LogP contribution in [0.15, 0.2) is 35.5 Å². The summed E-state index contributed by atoms with van der Waals surface area (Å²) in [5.41, 5.74) is 3.97. The molecule has 0 saturated heterocycles. The van der Waals surface area contributed by atoms with Gasteiger partial charge in [0.05, 0.1) is 12.8 Å². The van der Waals surface area contributed by atoms with Gasteiger partial charge in [-0.15, -0.1) is 0 Å². The first-order chi connectivity index (χ1) is 13.6. The van der Waals surface area contributed by atoms with Gasteiger partial charge in [-0.2, -0.15) is 5.10 Å². The summed E-state index contributed by atoms with van der Waals surface area (Å²) in [6.07, 6.45) is 3.33. The Labute approximate surface area is 171 Å². The minimum Gasteiger partial charge on any atom is -0.495 e. The van der Waals surface area contributed by atoms with Crippen molar-refractivity contribution in [3.8, 4) is 16.9 Å². The number of sulfonamides is 1. The van der Waals surface area contributed by atoms with Crippen LogP contribution in [0.1, 0.15) is 35.7 Å². The van der Waals surface area contributed by atoms with Crippen LogP contribution in [-0.4, -0.2) is 35.3 Å². The van der Waals surface area contributed by atoms with E-state index in [0.717, 1.165) is 22.5 Å². The predicted molar refractivity (Wildman–Crippen MR) is 110 cm³/mol. The molecule has 2 aromatic heterocycles. The van der Waals surface area contributed by atoms with E-state index in [2.05, 4.69) is 19.8 Å². The zero-order valence-corrected chi connectivity index (χ0v) is 18.2. The highest BCUT2D eigenvalue weighted by atomic mass is 32.2. The smallest absolute Gasteiger partial charge is 0.244 e. The number of hydrogen-bond donors (Lipinski definition) is 1. The first kappa shape index (κ1) is 20.9. The summed E-state index contributed by atoms with van der Waals surface area (Å²) < 4.78 is 36.2. The Morgan fingerprint density at radius 1 is 1.10 bits per heavy atom. The number of ether oxygens (including phenoxy) is 1. The van der Waals surface area contributed by atoms with Crippen molar-refractivity contribution in [2.75, 3.05) is 7.11 Å². The van der Waals surface area contributed by atoms with Crippen molar-refractivity contribution in [2.24, 2.45) is 7.05 Å². The molecule has 0 spiro atoms. The maximum absolute atomic E-state index is 13.2. The zero-order valence-electron chi connectivity index (χ0n) is 17.4. The van der Waals surface area contributed by atoms with Crippen molar-refractivity contribution in [2.45, 2.75) is 38.6 Å². The summed E-state index contributed by atoms with van der Waals surface area (Å²) >= 11 is 0. The van der Waals surface area contributed by atoms with E-state index in [9.17, 15) is 8.42 Å². The van der Waals surface area contributed by atoms with Gasteiger partial charge in [0.25, 0.3) is 0 Å². The lowest BCUT2D eigenvalue weighted by atomic mass is 10.1. The molecule has 1 atom stereocenters. The highest BCUT2D eigenvalue weighted by molar-refractivity contribution is 7.89. The van der Waals surface area contributed by atoms with E-state index >= 15 is 0 Å². The molecule has 3 aromatic rings. The van der Waals surface area contributed by atoms with Gasteiger partial charge in [-0.1, -0.05) is 6.07 Å². The quantitative estimate of drug-likeness (QED) is 0.665. The van der Waals surface area contributed by atoms with Crippen molar-refractivity contribution in [3.63, 3.8) is 0 Å². The molecule has 1 unspecified atom stereocenters. The molecule has 9 heteroatoms. The third kappa shape index (κ3) is 4.15. The summed E-state index contributed by atoms with van der Waals surface area (Å²) in [5.74, 6) is 0.911. The molecule has 0 fully saturated rings. The molecule has 0 saturated carbocycles. The molecule has 0 radical (unpaired) electrons. The second-order valence-corrected chi connectivity index (χ2v) is 8.62. The van der Waals surface area contributed by atoms with E-state index in [4.69, 9.17) is 4.74 Å². The molecule has 0 aliphatic heterocycles. The molecule has 3 rings (SSSR count). The van der Waals surface area contributed by atoms with Crippen LogP contribution in [0.2, 0.25) is 0 Å². The lowest BCUT2D eigenvalue weighted by molar-refractivity contribution is 0.402. The Kier molecular flexibility index (Phi) is 5.72. The van der Waals surface area contributed by atoms with Gasteiger partial charge in [-0.25, -0.2) is 23.1 Å². The number of nitrogens with one attached hydrogen (secondary N) is 1. The lowest BCUT2D eigenvalue weighted by Gasteiger charge is -2.17. The molecular formula is C20H25N5O3S. The SMILES string of the molecule is COc1ccc(-c2cnc(C)nc2)cc1S(=O)(=O)NC(C)c1c(C)nn(C)c1C. The van der Waals surface area contributed by atoms with E-state index in [-0.39, 0.29) is 10.6 Å². The van der Waals surface area contributed by atoms with Crippen LogP contribution < -0.4 is 9.46 Å². The normalized spacial score (nSPS) is 12.8. The van der Waals surface area contributed by atoms with Gasteiger partial charge in [0.1, 0.15) is 16.5 Å². The van der Waals surface area contributed by atoms with Crippen LogP contribution in [0.25, 0.3) is 11.1 Å². The van der Waals surface area contributed by atoms with Crippen molar-refractivity contribution in [1.82, 2.24) is 24.5 Å². The van der Waals surface area contributed by atoms with Gasteiger partial charge in [0.15, 0.2) is 0 Å². The highest BCUT2D eigenvalue weighted by Gasteiger charge is 2.26. The molecule has 0 bridgehead atoms. The minimum atomic E-state index is -3.87. The lowest BCUT2D eigenvalue weighted by Crippen LogP contribution is -2.28. The third-order valence-electron chi connectivity index (χ3n) is 4.90. The van der Waals surface area contributed by atoms with E-state index < -0.39 is 16.1 Å². The number of aromatic nitrogens is 4. The molecule has 8 nitrogen and oxygen atoms in total. The van der Waals surface area contributed by atoms with E-state index in [1.54, 1.807) is 49.1 Å². The highest BCUT2D eigenvalue weighted by Crippen LogP contribution is 2.31. The summed E-state index contributed by atoms with van der Waals surface area (Å²) in [7, 11) is -0.583. The van der Waals surface area contributed by atoms with Gasteiger partial charge in [0, 0.05) is 42.3 Å². The number of nitrogens with zero attached hydrogens (tertiary/aromatic N) is 4. The fraction of sp³-hybridized carbons (Fsp3) is 0.350. The number of hydrogen-bond acceptors (Lipinski definition) is 6. The number of methoxy groups -OCH3 is 1. The Morgan fingerprint density at radius 3 is 2.31 bits per heavy atom. The largest absolute Gasteiger partial charge is 0.495 e. The van der Waals surface area contributed by atoms with Gasteiger partial charge in [-0.05, 0) is 45.4 Å². The molecule has 0 aliphatic carbocycles. The fourth-order valence-corrected chi connectivity index (χ4v) is 4.79. The first-order valence-corrected chi connectivity index (χ1v) is 10.6.